The molecule has 0 saturated heterocycles. The fourth-order valence-electron chi connectivity index (χ4n) is 3.59. The SMILES string of the molecule is CCc1ccc(NC(=S)N=Nc2c(O)n(Cc3cccc(C)c3)c3ccccc23)cc1. The van der Waals surface area contributed by atoms with Gasteiger partial charge in [-0.15, -0.1) is 10.2 Å². The average Bonchev–Trinajstić information content (AvgIpc) is 3.04. The predicted octanol–water partition coefficient (Wildman–Crippen LogP) is 6.75. The van der Waals surface area contributed by atoms with Crippen molar-refractivity contribution in [1.82, 2.24) is 4.57 Å². The maximum Gasteiger partial charge on any atom is 0.221 e. The molecule has 0 atom stereocenters. The molecule has 0 fully saturated rings. The lowest BCUT2D eigenvalue weighted by molar-refractivity contribution is 0.429. The Morgan fingerprint density at radius 3 is 2.52 bits per heavy atom. The molecule has 0 aliphatic heterocycles. The van der Waals surface area contributed by atoms with E-state index in [9.17, 15) is 5.11 Å². The quantitative estimate of drug-likeness (QED) is 0.273. The highest BCUT2D eigenvalue weighted by Crippen LogP contribution is 2.39. The van der Waals surface area contributed by atoms with E-state index in [1.807, 2.05) is 65.2 Å². The minimum atomic E-state index is 0.0709. The highest BCUT2D eigenvalue weighted by molar-refractivity contribution is 7.80. The number of thiocarbonyl (C=S) groups is 1. The second kappa shape index (κ2) is 9.10. The number of nitrogens with zero attached hydrogens (tertiary/aromatic N) is 3. The number of benzene rings is 3. The van der Waals surface area contributed by atoms with Crippen LogP contribution in [0.1, 0.15) is 23.6 Å². The number of para-hydroxylation sites is 1. The molecule has 0 radical (unpaired) electrons. The first-order valence-electron chi connectivity index (χ1n) is 10.2. The largest absolute Gasteiger partial charge is 0.493 e. The maximum absolute atomic E-state index is 10.9. The fraction of sp³-hybridized carbons (Fsp3) is 0.160. The zero-order valence-electron chi connectivity index (χ0n) is 17.5. The number of nitrogens with one attached hydrogen (secondary N) is 1. The lowest BCUT2D eigenvalue weighted by Crippen LogP contribution is -2.04. The molecular weight excluding hydrogens is 404 g/mol. The molecule has 1 aromatic heterocycles. The number of aromatic nitrogens is 1. The van der Waals surface area contributed by atoms with E-state index in [4.69, 9.17) is 12.2 Å². The van der Waals surface area contributed by atoms with Gasteiger partial charge in [-0.1, -0.05) is 67.1 Å². The summed E-state index contributed by atoms with van der Waals surface area (Å²) in [5.41, 5.74) is 5.69. The molecule has 2 N–H and O–H groups in total. The Hall–Kier alpha value is -3.51. The van der Waals surface area contributed by atoms with Crippen LogP contribution in [0, 0.1) is 6.92 Å². The summed E-state index contributed by atoms with van der Waals surface area (Å²) in [6.45, 7) is 4.71. The van der Waals surface area contributed by atoms with E-state index in [1.54, 1.807) is 0 Å². The van der Waals surface area contributed by atoms with E-state index in [2.05, 4.69) is 41.5 Å². The van der Waals surface area contributed by atoms with Crippen LogP contribution in [0.5, 0.6) is 5.88 Å². The molecule has 0 saturated carbocycles. The van der Waals surface area contributed by atoms with Crippen molar-refractivity contribution in [1.29, 1.82) is 0 Å². The van der Waals surface area contributed by atoms with Gasteiger partial charge in [0.05, 0.1) is 12.1 Å². The Labute approximate surface area is 187 Å². The molecule has 4 aromatic rings. The highest BCUT2D eigenvalue weighted by atomic mass is 32.1. The van der Waals surface area contributed by atoms with Crippen LogP contribution in [0.4, 0.5) is 11.4 Å². The van der Waals surface area contributed by atoms with E-state index >= 15 is 0 Å². The Morgan fingerprint density at radius 2 is 1.77 bits per heavy atom. The number of azo groups is 1. The summed E-state index contributed by atoms with van der Waals surface area (Å²) in [6.07, 6.45) is 0.982. The molecule has 3 aromatic carbocycles. The van der Waals surface area contributed by atoms with Crippen LogP contribution < -0.4 is 5.32 Å². The minimum Gasteiger partial charge on any atom is -0.493 e. The molecule has 0 bridgehead atoms. The highest BCUT2D eigenvalue weighted by Gasteiger charge is 2.16. The Morgan fingerprint density at radius 1 is 1.00 bits per heavy atom. The summed E-state index contributed by atoms with van der Waals surface area (Å²) >= 11 is 5.33. The molecule has 4 rings (SSSR count). The zero-order chi connectivity index (χ0) is 21.8. The molecule has 31 heavy (non-hydrogen) atoms. The topological polar surface area (TPSA) is 61.9 Å². The van der Waals surface area contributed by atoms with Crippen molar-refractivity contribution in [3.63, 3.8) is 0 Å². The van der Waals surface area contributed by atoms with Gasteiger partial charge in [-0.3, -0.25) is 0 Å². The number of hydrogen-bond donors (Lipinski definition) is 2. The van der Waals surface area contributed by atoms with Gasteiger partial charge in [0.1, 0.15) is 0 Å². The van der Waals surface area contributed by atoms with E-state index in [0.717, 1.165) is 28.6 Å². The molecule has 156 valence electrons. The molecule has 6 heteroatoms. The normalized spacial score (nSPS) is 11.3. The second-order valence-corrected chi connectivity index (χ2v) is 7.83. The summed E-state index contributed by atoms with van der Waals surface area (Å²) in [4.78, 5) is 0. The van der Waals surface area contributed by atoms with Gasteiger partial charge in [0.2, 0.25) is 11.0 Å². The van der Waals surface area contributed by atoms with E-state index in [1.165, 1.54) is 11.1 Å². The van der Waals surface area contributed by atoms with Gasteiger partial charge in [0, 0.05) is 11.1 Å². The van der Waals surface area contributed by atoms with Crippen molar-refractivity contribution in [2.45, 2.75) is 26.8 Å². The van der Waals surface area contributed by atoms with Crippen molar-refractivity contribution in [3.05, 3.63) is 89.5 Å². The van der Waals surface area contributed by atoms with Crippen molar-refractivity contribution >= 4 is 39.6 Å². The van der Waals surface area contributed by atoms with Gasteiger partial charge >= 0.3 is 0 Å². The Bertz CT molecular complexity index is 1260. The Balaban J connectivity index is 1.61. The molecule has 0 aliphatic rings. The van der Waals surface area contributed by atoms with Gasteiger partial charge in [-0.2, -0.15) is 0 Å². The van der Waals surface area contributed by atoms with Crippen LogP contribution in [0.3, 0.4) is 0 Å². The van der Waals surface area contributed by atoms with Crippen LogP contribution in [-0.4, -0.2) is 14.8 Å². The Kier molecular flexibility index (Phi) is 6.09. The third kappa shape index (κ3) is 4.64. The van der Waals surface area contributed by atoms with Gasteiger partial charge in [0.15, 0.2) is 5.69 Å². The van der Waals surface area contributed by atoms with Gasteiger partial charge in [-0.25, -0.2) is 0 Å². The van der Waals surface area contributed by atoms with Crippen LogP contribution in [0.15, 0.2) is 83.0 Å². The second-order valence-electron chi connectivity index (χ2n) is 7.45. The van der Waals surface area contributed by atoms with Crippen molar-refractivity contribution in [3.8, 4) is 5.88 Å². The predicted molar refractivity (Wildman–Crippen MR) is 130 cm³/mol. The summed E-state index contributed by atoms with van der Waals surface area (Å²) < 4.78 is 1.85. The van der Waals surface area contributed by atoms with E-state index < -0.39 is 0 Å². The summed E-state index contributed by atoms with van der Waals surface area (Å²) in [5, 5.41) is 23.5. The maximum atomic E-state index is 10.9. The van der Waals surface area contributed by atoms with Crippen LogP contribution in [-0.2, 0) is 13.0 Å². The molecule has 0 amide bonds. The first-order valence-corrected chi connectivity index (χ1v) is 10.6. The van der Waals surface area contributed by atoms with E-state index in [0.29, 0.717) is 12.2 Å². The van der Waals surface area contributed by atoms with Gasteiger partial charge in [0.25, 0.3) is 0 Å². The molecule has 5 nitrogen and oxygen atoms in total. The molecule has 1 heterocycles. The van der Waals surface area contributed by atoms with E-state index in [-0.39, 0.29) is 11.0 Å². The summed E-state index contributed by atoms with van der Waals surface area (Å²) in [7, 11) is 0. The molecule has 0 aliphatic carbocycles. The smallest absolute Gasteiger partial charge is 0.221 e. The molecule has 0 unspecified atom stereocenters. The third-order valence-electron chi connectivity index (χ3n) is 5.19. The van der Waals surface area contributed by atoms with Crippen molar-refractivity contribution in [2.75, 3.05) is 5.32 Å². The lowest BCUT2D eigenvalue weighted by atomic mass is 10.1. The number of aryl methyl sites for hydroxylation is 2. The standard InChI is InChI=1S/C25H24N4OS/c1-3-18-11-13-20(14-12-18)26-25(31)28-27-23-21-9-4-5-10-22(21)29(24(23)30)16-19-8-6-7-17(2)15-19/h4-15,30H,3,16H2,1-2H3,(H,26,31). The lowest BCUT2D eigenvalue weighted by Gasteiger charge is -2.08. The average molecular weight is 429 g/mol. The zero-order valence-corrected chi connectivity index (χ0v) is 18.4. The summed E-state index contributed by atoms with van der Waals surface area (Å²) in [6, 6.07) is 24.0. The fourth-order valence-corrected chi connectivity index (χ4v) is 3.75. The first kappa shape index (κ1) is 20.8. The first-order chi connectivity index (χ1) is 15.0. The van der Waals surface area contributed by atoms with Crippen molar-refractivity contribution in [2.24, 2.45) is 10.2 Å². The number of rotatable bonds is 5. The third-order valence-corrected chi connectivity index (χ3v) is 5.38. The van der Waals surface area contributed by atoms with Crippen LogP contribution in [0.25, 0.3) is 10.9 Å². The van der Waals surface area contributed by atoms with Gasteiger partial charge < -0.3 is 15.0 Å². The minimum absolute atomic E-state index is 0.0709. The molecule has 0 spiro atoms. The van der Waals surface area contributed by atoms with Crippen LogP contribution >= 0.6 is 12.2 Å². The summed E-state index contributed by atoms with van der Waals surface area (Å²) in [5.74, 6) is 0.0709. The number of hydrogen-bond acceptors (Lipinski definition) is 3. The molecular formula is C25H24N4OS. The van der Waals surface area contributed by atoms with Gasteiger partial charge in [-0.05, 0) is 54.9 Å². The number of aromatic hydroxyl groups is 1. The van der Waals surface area contributed by atoms with Crippen molar-refractivity contribution < 1.29 is 5.11 Å². The number of anilines is 1. The monoisotopic (exact) mass is 428 g/mol. The van der Waals surface area contributed by atoms with Crippen LogP contribution in [0.2, 0.25) is 0 Å². The number of fused-ring (bicyclic) bond motifs is 1.